The van der Waals surface area contributed by atoms with Crippen LogP contribution in [-0.4, -0.2) is 24.8 Å². The van der Waals surface area contributed by atoms with Crippen molar-refractivity contribution in [3.8, 4) is 17.0 Å². The van der Waals surface area contributed by atoms with E-state index in [1.54, 1.807) is 10.9 Å². The number of nitrogens with one attached hydrogen (secondary N) is 1. The van der Waals surface area contributed by atoms with Crippen molar-refractivity contribution in [1.29, 1.82) is 0 Å². The molecule has 0 radical (unpaired) electrons. The van der Waals surface area contributed by atoms with Gasteiger partial charge >= 0.3 is 0 Å². The zero-order valence-corrected chi connectivity index (χ0v) is 14.8. The molecule has 0 amide bonds. The van der Waals surface area contributed by atoms with Gasteiger partial charge in [-0.3, -0.25) is 4.68 Å². The van der Waals surface area contributed by atoms with Crippen LogP contribution in [-0.2, 0) is 20.2 Å². The molecule has 27 heavy (non-hydrogen) atoms. The summed E-state index contributed by atoms with van der Waals surface area (Å²) >= 11 is 0. The molecule has 0 spiro atoms. The first-order valence-corrected chi connectivity index (χ1v) is 8.76. The molecule has 2 aromatic carbocycles. The molecule has 0 unspecified atom stereocenters. The van der Waals surface area contributed by atoms with Crippen molar-refractivity contribution in [1.82, 2.24) is 24.8 Å². The van der Waals surface area contributed by atoms with E-state index in [1.807, 2.05) is 42.1 Å². The molecule has 7 heteroatoms. The summed E-state index contributed by atoms with van der Waals surface area (Å²) in [5.41, 5.74) is 5.19. The third-order valence-electron chi connectivity index (χ3n) is 4.68. The summed E-state index contributed by atoms with van der Waals surface area (Å²) in [5, 5.41) is 15.9. The van der Waals surface area contributed by atoms with Crippen molar-refractivity contribution in [2.24, 2.45) is 7.05 Å². The molecule has 3 heterocycles. The lowest BCUT2D eigenvalue weighted by molar-refractivity contribution is 0.302. The average Bonchev–Trinajstić information content (AvgIpc) is 3.24. The van der Waals surface area contributed by atoms with Gasteiger partial charge in [0.05, 0.1) is 24.1 Å². The van der Waals surface area contributed by atoms with E-state index in [0.717, 1.165) is 39.8 Å². The predicted octanol–water partition coefficient (Wildman–Crippen LogP) is 3.36. The molecule has 0 saturated heterocycles. The van der Waals surface area contributed by atoms with E-state index in [1.165, 1.54) is 0 Å². The van der Waals surface area contributed by atoms with E-state index < -0.39 is 0 Å². The van der Waals surface area contributed by atoms with Gasteiger partial charge in [0.25, 0.3) is 0 Å². The summed E-state index contributed by atoms with van der Waals surface area (Å²) < 4.78 is 9.78. The Balaban J connectivity index is 1.42. The Morgan fingerprint density at radius 1 is 1.07 bits per heavy atom. The van der Waals surface area contributed by atoms with Crippen LogP contribution in [0.4, 0.5) is 11.5 Å². The van der Waals surface area contributed by atoms with Gasteiger partial charge in [0.15, 0.2) is 0 Å². The van der Waals surface area contributed by atoms with Gasteiger partial charge in [0, 0.05) is 29.9 Å². The molecule has 0 aliphatic carbocycles. The lowest BCUT2D eigenvalue weighted by Gasteiger charge is -2.11. The summed E-state index contributed by atoms with van der Waals surface area (Å²) in [4.78, 5) is 0. The van der Waals surface area contributed by atoms with Gasteiger partial charge in [0.2, 0.25) is 0 Å². The van der Waals surface area contributed by atoms with Crippen molar-refractivity contribution >= 4 is 11.5 Å². The fourth-order valence-corrected chi connectivity index (χ4v) is 3.22. The molecular formula is C20H18N6O. The first-order valence-electron chi connectivity index (χ1n) is 8.76. The third-order valence-corrected chi connectivity index (χ3v) is 4.68. The molecule has 5 rings (SSSR count). The minimum atomic E-state index is 0.490. The van der Waals surface area contributed by atoms with Gasteiger partial charge < -0.3 is 10.1 Å². The Bertz CT molecular complexity index is 1100. The molecule has 0 bridgehead atoms. The van der Waals surface area contributed by atoms with Crippen molar-refractivity contribution in [3.63, 3.8) is 0 Å². The second kappa shape index (κ2) is 6.28. The molecule has 1 aliphatic rings. The van der Waals surface area contributed by atoms with Gasteiger partial charge in [-0.15, -0.1) is 5.10 Å². The lowest BCUT2D eigenvalue weighted by Crippen LogP contribution is -2.04. The fourth-order valence-electron chi connectivity index (χ4n) is 3.22. The van der Waals surface area contributed by atoms with Gasteiger partial charge in [-0.1, -0.05) is 41.6 Å². The van der Waals surface area contributed by atoms with Crippen LogP contribution in [0, 0.1) is 0 Å². The summed E-state index contributed by atoms with van der Waals surface area (Å²) in [6, 6.07) is 18.4. The van der Waals surface area contributed by atoms with Crippen LogP contribution >= 0.6 is 0 Å². The second-order valence-electron chi connectivity index (χ2n) is 6.52. The Kier molecular flexibility index (Phi) is 3.64. The number of ether oxygens (including phenoxy) is 1. The van der Waals surface area contributed by atoms with Crippen LogP contribution < -0.4 is 10.1 Å². The maximum atomic E-state index is 6.08. The quantitative estimate of drug-likeness (QED) is 0.608. The summed E-state index contributed by atoms with van der Waals surface area (Å²) in [7, 11) is 1.85. The molecule has 1 N–H and O–H groups in total. The van der Waals surface area contributed by atoms with Crippen LogP contribution in [0.25, 0.3) is 11.3 Å². The summed E-state index contributed by atoms with van der Waals surface area (Å²) in [6.45, 7) is 1.18. The average molecular weight is 358 g/mol. The van der Waals surface area contributed by atoms with E-state index in [4.69, 9.17) is 9.84 Å². The Morgan fingerprint density at radius 2 is 1.96 bits per heavy atom. The lowest BCUT2D eigenvalue weighted by atomic mass is 10.1. The zero-order chi connectivity index (χ0) is 18.2. The zero-order valence-electron chi connectivity index (χ0n) is 14.8. The predicted molar refractivity (Wildman–Crippen MR) is 102 cm³/mol. The Labute approximate surface area is 156 Å². The number of aromatic nitrogens is 5. The van der Waals surface area contributed by atoms with E-state index in [-0.39, 0.29) is 0 Å². The fraction of sp³-hybridized carbons (Fsp3) is 0.150. The maximum Gasteiger partial charge on any atom is 0.148 e. The van der Waals surface area contributed by atoms with Gasteiger partial charge in [-0.05, 0) is 12.1 Å². The standard InChI is InChI=1S/C20H18N6O/c1-25-20(11-21-24-25)22-16-8-7-15-12-26-17(13-27-19(15)9-16)10-18(23-26)14-5-3-2-4-6-14/h2-11,22H,12-13H2,1H3. The minimum absolute atomic E-state index is 0.490. The largest absolute Gasteiger partial charge is 0.487 e. The topological polar surface area (TPSA) is 69.8 Å². The first-order chi connectivity index (χ1) is 13.3. The number of hydrogen-bond acceptors (Lipinski definition) is 5. The van der Waals surface area contributed by atoms with E-state index in [0.29, 0.717) is 13.2 Å². The van der Waals surface area contributed by atoms with Crippen LogP contribution in [0.3, 0.4) is 0 Å². The van der Waals surface area contributed by atoms with Gasteiger partial charge in [-0.2, -0.15) is 5.10 Å². The SMILES string of the molecule is Cn1nncc1Nc1ccc2c(c1)OCc1cc(-c3ccccc3)nn1C2. The monoisotopic (exact) mass is 358 g/mol. The third kappa shape index (κ3) is 2.93. The minimum Gasteiger partial charge on any atom is -0.487 e. The normalized spacial score (nSPS) is 12.6. The molecule has 4 aromatic rings. The number of rotatable bonds is 3. The van der Waals surface area contributed by atoms with Gasteiger partial charge in [0.1, 0.15) is 18.2 Å². The summed E-state index contributed by atoms with van der Waals surface area (Å²) in [5.74, 6) is 1.69. The number of benzene rings is 2. The Hall–Kier alpha value is -3.61. The number of hydrogen-bond donors (Lipinski definition) is 1. The molecule has 2 aromatic heterocycles. The van der Waals surface area contributed by atoms with Crippen LogP contribution in [0.2, 0.25) is 0 Å². The Morgan fingerprint density at radius 3 is 2.78 bits per heavy atom. The van der Waals surface area contributed by atoms with Crippen molar-refractivity contribution < 1.29 is 4.74 Å². The van der Waals surface area contributed by atoms with E-state index in [9.17, 15) is 0 Å². The van der Waals surface area contributed by atoms with E-state index >= 15 is 0 Å². The number of aryl methyl sites for hydroxylation is 1. The van der Waals surface area contributed by atoms with Crippen molar-refractivity contribution in [3.05, 3.63) is 72.1 Å². The number of anilines is 2. The van der Waals surface area contributed by atoms with Crippen molar-refractivity contribution in [2.45, 2.75) is 13.2 Å². The van der Waals surface area contributed by atoms with Crippen LogP contribution in [0.5, 0.6) is 5.75 Å². The number of fused-ring (bicyclic) bond motifs is 2. The first kappa shape index (κ1) is 15.6. The molecule has 0 saturated carbocycles. The molecule has 1 aliphatic heterocycles. The van der Waals surface area contributed by atoms with Crippen LogP contribution in [0.15, 0.2) is 60.8 Å². The highest BCUT2D eigenvalue weighted by Crippen LogP contribution is 2.30. The molecule has 0 atom stereocenters. The highest BCUT2D eigenvalue weighted by Gasteiger charge is 2.17. The smallest absolute Gasteiger partial charge is 0.148 e. The van der Waals surface area contributed by atoms with Crippen LogP contribution in [0.1, 0.15) is 11.3 Å². The van der Waals surface area contributed by atoms with Crippen molar-refractivity contribution in [2.75, 3.05) is 5.32 Å². The van der Waals surface area contributed by atoms with Gasteiger partial charge in [-0.25, -0.2) is 4.68 Å². The molecular weight excluding hydrogens is 340 g/mol. The highest BCUT2D eigenvalue weighted by atomic mass is 16.5. The maximum absolute atomic E-state index is 6.08. The summed E-state index contributed by atoms with van der Waals surface area (Å²) in [6.07, 6.45) is 1.69. The second-order valence-corrected chi connectivity index (χ2v) is 6.52. The number of nitrogens with zero attached hydrogens (tertiary/aromatic N) is 5. The molecule has 134 valence electrons. The highest BCUT2D eigenvalue weighted by molar-refractivity contribution is 5.61. The molecule has 7 nitrogen and oxygen atoms in total. The molecule has 0 fully saturated rings. The van der Waals surface area contributed by atoms with E-state index in [2.05, 4.69) is 39.9 Å².